The fourth-order valence-electron chi connectivity index (χ4n) is 0.794. The second-order valence-corrected chi connectivity index (χ2v) is 2.38. The minimum Gasteiger partial charge on any atom is -0.362 e. The van der Waals surface area contributed by atoms with Crippen molar-refractivity contribution in [2.45, 2.75) is 6.92 Å². The smallest absolute Gasteiger partial charge is 0.362 e. The van der Waals surface area contributed by atoms with Crippen molar-refractivity contribution in [3.63, 3.8) is 0 Å². The average Bonchev–Trinajstić information content (AvgIpc) is 2.37. The van der Waals surface area contributed by atoms with Crippen LogP contribution in [0.3, 0.4) is 0 Å². The Kier molecular flexibility index (Phi) is 5.80. The summed E-state index contributed by atoms with van der Waals surface area (Å²) in [5, 5.41) is 0. The zero-order valence-electron chi connectivity index (χ0n) is 6.82. The Morgan fingerprint density at radius 1 is 1.64 bits per heavy atom. The molecule has 0 aromatic carbocycles. The molecular formula is C6H14N2O2P+. The van der Waals surface area contributed by atoms with Crippen LogP contribution in [-0.2, 0) is 4.57 Å². The Balaban J connectivity index is 0.000000292. The van der Waals surface area contributed by atoms with Crippen molar-refractivity contribution in [2.24, 2.45) is 0 Å². The van der Waals surface area contributed by atoms with Crippen LogP contribution in [0.1, 0.15) is 6.92 Å². The third-order valence-electron chi connectivity index (χ3n) is 1.34. The molecule has 1 rings (SSSR count). The van der Waals surface area contributed by atoms with Crippen LogP contribution in [0.15, 0.2) is 12.4 Å². The van der Waals surface area contributed by atoms with E-state index < -0.39 is 8.69 Å². The highest BCUT2D eigenvalue weighted by Crippen LogP contribution is 2.00. The fourth-order valence-corrected chi connectivity index (χ4v) is 0.794. The molecule has 0 amide bonds. The summed E-state index contributed by atoms with van der Waals surface area (Å²) in [6, 6.07) is 0. The van der Waals surface area contributed by atoms with Crippen molar-refractivity contribution < 1.29 is 9.46 Å². The molecule has 5 heteroatoms. The maximum Gasteiger partial charge on any atom is 0.491 e. The van der Waals surface area contributed by atoms with E-state index in [1.807, 2.05) is 0 Å². The zero-order valence-corrected chi connectivity index (χ0v) is 7.82. The van der Waals surface area contributed by atoms with Gasteiger partial charge < -0.3 is 9.80 Å². The summed E-state index contributed by atoms with van der Waals surface area (Å²) in [6.07, 6.45) is 4.20. The van der Waals surface area contributed by atoms with E-state index in [0.717, 1.165) is 13.2 Å². The standard InChI is InChI=1S/C6H12N2.HO2P/c1-3-8-5-4-7(2)6-8;1-3-2/h4-5H,3,6H2,1-2H3;3H/p+1. The summed E-state index contributed by atoms with van der Waals surface area (Å²) >= 11 is 0. The maximum atomic E-state index is 8.51. The Morgan fingerprint density at radius 3 is 2.36 bits per heavy atom. The highest BCUT2D eigenvalue weighted by atomic mass is 31.1. The first kappa shape index (κ1) is 10.4. The van der Waals surface area contributed by atoms with Gasteiger partial charge in [-0.05, 0) is 11.5 Å². The van der Waals surface area contributed by atoms with E-state index in [4.69, 9.17) is 9.46 Å². The van der Waals surface area contributed by atoms with Gasteiger partial charge in [0.2, 0.25) is 0 Å². The molecule has 0 radical (unpaired) electrons. The first-order chi connectivity index (χ1) is 5.24. The van der Waals surface area contributed by atoms with Crippen LogP contribution in [-0.4, -0.2) is 35.0 Å². The highest BCUT2D eigenvalue weighted by molar-refractivity contribution is 7.16. The summed E-state index contributed by atoms with van der Waals surface area (Å²) in [4.78, 5) is 11.4. The quantitative estimate of drug-likeness (QED) is 0.595. The van der Waals surface area contributed by atoms with E-state index in [0.29, 0.717) is 0 Å². The molecule has 0 fully saturated rings. The lowest BCUT2D eigenvalue weighted by atomic mass is 10.6. The van der Waals surface area contributed by atoms with Crippen molar-refractivity contribution in [2.75, 3.05) is 20.3 Å². The SMILES string of the molecule is CCN1C=CN(C)C1.O=[PH+]O. The lowest BCUT2D eigenvalue weighted by Gasteiger charge is -2.14. The van der Waals surface area contributed by atoms with E-state index in [9.17, 15) is 0 Å². The molecule has 0 aliphatic carbocycles. The molecule has 0 aromatic heterocycles. The molecule has 1 aliphatic heterocycles. The minimum absolute atomic E-state index is 1.05. The summed E-state index contributed by atoms with van der Waals surface area (Å²) < 4.78 is 8.51. The second-order valence-electron chi connectivity index (χ2n) is 2.19. The van der Waals surface area contributed by atoms with Crippen molar-refractivity contribution in [3.8, 4) is 0 Å². The third kappa shape index (κ3) is 4.76. The zero-order chi connectivity index (χ0) is 8.69. The number of nitrogens with zero attached hydrogens (tertiary/aromatic N) is 2. The fraction of sp³-hybridized carbons (Fsp3) is 0.667. The monoisotopic (exact) mass is 177 g/mol. The topological polar surface area (TPSA) is 43.8 Å². The molecule has 4 nitrogen and oxygen atoms in total. The van der Waals surface area contributed by atoms with Gasteiger partial charge in [-0.1, -0.05) is 0 Å². The molecule has 0 spiro atoms. The van der Waals surface area contributed by atoms with Crippen LogP contribution in [0.25, 0.3) is 0 Å². The van der Waals surface area contributed by atoms with Gasteiger partial charge in [-0.25, -0.2) is 0 Å². The van der Waals surface area contributed by atoms with Gasteiger partial charge in [-0.2, -0.15) is 4.89 Å². The number of hydrogen-bond acceptors (Lipinski definition) is 3. The summed E-state index contributed by atoms with van der Waals surface area (Å²) in [7, 11) is 0.909. The predicted molar refractivity (Wildman–Crippen MR) is 45.4 cm³/mol. The molecule has 1 heterocycles. The molecule has 64 valence electrons. The van der Waals surface area contributed by atoms with Gasteiger partial charge in [0.25, 0.3) is 0 Å². The van der Waals surface area contributed by atoms with E-state index in [2.05, 4.69) is 36.2 Å². The van der Waals surface area contributed by atoms with Gasteiger partial charge in [0.15, 0.2) is 0 Å². The third-order valence-corrected chi connectivity index (χ3v) is 1.34. The van der Waals surface area contributed by atoms with Crippen LogP contribution < -0.4 is 0 Å². The lowest BCUT2D eigenvalue weighted by molar-refractivity contribution is 0.308. The van der Waals surface area contributed by atoms with E-state index in [1.54, 1.807) is 0 Å². The summed E-state index contributed by atoms with van der Waals surface area (Å²) in [5.41, 5.74) is 0. The number of rotatable bonds is 1. The van der Waals surface area contributed by atoms with Crippen LogP contribution >= 0.6 is 8.69 Å². The van der Waals surface area contributed by atoms with Gasteiger partial charge in [0.05, 0.1) is 6.67 Å². The summed E-state index contributed by atoms with van der Waals surface area (Å²) in [5.74, 6) is 0. The average molecular weight is 177 g/mol. The Morgan fingerprint density at radius 2 is 2.18 bits per heavy atom. The van der Waals surface area contributed by atoms with Crippen molar-refractivity contribution in [1.82, 2.24) is 9.80 Å². The van der Waals surface area contributed by atoms with Crippen molar-refractivity contribution in [3.05, 3.63) is 12.4 Å². The Bertz CT molecular complexity index is 141. The van der Waals surface area contributed by atoms with Crippen LogP contribution in [0, 0.1) is 0 Å². The van der Waals surface area contributed by atoms with Crippen LogP contribution in [0.4, 0.5) is 0 Å². The van der Waals surface area contributed by atoms with E-state index in [1.165, 1.54) is 0 Å². The normalized spacial score (nSPS) is 15.2. The first-order valence-electron chi connectivity index (χ1n) is 3.38. The van der Waals surface area contributed by atoms with Gasteiger partial charge in [-0.15, -0.1) is 0 Å². The van der Waals surface area contributed by atoms with E-state index in [-0.39, 0.29) is 0 Å². The van der Waals surface area contributed by atoms with Gasteiger partial charge in [0, 0.05) is 26.0 Å². The molecule has 0 aromatic rings. The largest absolute Gasteiger partial charge is 0.491 e. The number of hydrogen-bond donors (Lipinski definition) is 1. The summed E-state index contributed by atoms with van der Waals surface area (Å²) in [6.45, 7) is 4.32. The predicted octanol–water partition coefficient (Wildman–Crippen LogP) is 0.600. The van der Waals surface area contributed by atoms with Crippen molar-refractivity contribution in [1.29, 1.82) is 0 Å². The van der Waals surface area contributed by atoms with E-state index >= 15 is 0 Å². The Hall–Kier alpha value is -0.600. The molecule has 1 N–H and O–H groups in total. The van der Waals surface area contributed by atoms with Gasteiger partial charge in [-0.3, -0.25) is 0 Å². The van der Waals surface area contributed by atoms with Gasteiger partial charge in [0.1, 0.15) is 0 Å². The lowest BCUT2D eigenvalue weighted by Crippen LogP contribution is -2.21. The first-order valence-corrected chi connectivity index (χ1v) is 4.24. The van der Waals surface area contributed by atoms with Crippen molar-refractivity contribution >= 4 is 8.69 Å². The van der Waals surface area contributed by atoms with Crippen LogP contribution in [0.2, 0.25) is 0 Å². The molecule has 0 saturated heterocycles. The molecule has 1 atom stereocenters. The molecule has 0 bridgehead atoms. The van der Waals surface area contributed by atoms with Crippen LogP contribution in [0.5, 0.6) is 0 Å². The molecule has 11 heavy (non-hydrogen) atoms. The molecule has 1 unspecified atom stereocenters. The minimum atomic E-state index is -1.17. The molecule has 0 saturated carbocycles. The molecule has 1 aliphatic rings. The molecular weight excluding hydrogens is 163 g/mol. The van der Waals surface area contributed by atoms with Gasteiger partial charge >= 0.3 is 8.69 Å². The highest BCUT2D eigenvalue weighted by Gasteiger charge is 2.03. The Labute approximate surface area is 68.4 Å². The maximum absolute atomic E-state index is 8.51. The second kappa shape index (κ2) is 6.13.